The molecule has 0 atom stereocenters. The highest BCUT2D eigenvalue weighted by Gasteiger charge is 2.21. The van der Waals surface area contributed by atoms with Gasteiger partial charge in [0.2, 0.25) is 0 Å². The highest BCUT2D eigenvalue weighted by Crippen LogP contribution is 2.27. The zero-order valence-corrected chi connectivity index (χ0v) is 11.5. The average molecular weight is 295 g/mol. The van der Waals surface area contributed by atoms with E-state index in [-0.39, 0.29) is 17.1 Å². The second-order valence-electron chi connectivity index (χ2n) is 5.04. The number of rotatable bonds is 2. The molecule has 2 N–H and O–H groups in total. The third-order valence-corrected chi connectivity index (χ3v) is 3.52. The van der Waals surface area contributed by atoms with E-state index in [2.05, 4.69) is 15.0 Å². The Labute approximate surface area is 120 Å². The molecular formula is C13H15F2N5O. The predicted molar refractivity (Wildman–Crippen MR) is 73.8 cm³/mol. The normalized spacial score (nSPS) is 16.4. The van der Waals surface area contributed by atoms with E-state index in [1.807, 2.05) is 11.9 Å². The lowest BCUT2D eigenvalue weighted by Gasteiger charge is -2.31. The first-order valence-electron chi connectivity index (χ1n) is 6.56. The molecule has 1 aromatic carbocycles. The van der Waals surface area contributed by atoms with Gasteiger partial charge in [0.05, 0.1) is 11.3 Å². The molecular weight excluding hydrogens is 280 g/mol. The van der Waals surface area contributed by atoms with Gasteiger partial charge in [0.15, 0.2) is 0 Å². The Morgan fingerprint density at radius 1 is 1.14 bits per heavy atom. The van der Waals surface area contributed by atoms with Crippen molar-refractivity contribution in [3.8, 4) is 11.5 Å². The molecule has 8 heteroatoms. The smallest absolute Gasteiger partial charge is 0.266 e. The number of piperazine rings is 1. The summed E-state index contributed by atoms with van der Waals surface area (Å²) in [5, 5.41) is 3.85. The topological polar surface area (TPSA) is 71.4 Å². The number of hydrogen-bond donors (Lipinski definition) is 1. The molecule has 0 unspecified atom stereocenters. The summed E-state index contributed by atoms with van der Waals surface area (Å²) in [7, 11) is 2.04. The summed E-state index contributed by atoms with van der Waals surface area (Å²) in [6.07, 6.45) is 0. The lowest BCUT2D eigenvalue weighted by molar-refractivity contribution is 0.309. The molecule has 21 heavy (non-hydrogen) atoms. The summed E-state index contributed by atoms with van der Waals surface area (Å²) in [5.41, 5.74) is 5.28. The third kappa shape index (κ3) is 2.66. The number of nitrogens with zero attached hydrogens (tertiary/aromatic N) is 4. The summed E-state index contributed by atoms with van der Waals surface area (Å²) < 4.78 is 32.0. The van der Waals surface area contributed by atoms with Crippen molar-refractivity contribution in [1.29, 1.82) is 0 Å². The van der Waals surface area contributed by atoms with Crippen molar-refractivity contribution in [3.63, 3.8) is 0 Å². The van der Waals surface area contributed by atoms with Crippen molar-refractivity contribution < 1.29 is 13.3 Å². The van der Waals surface area contributed by atoms with Gasteiger partial charge in [-0.3, -0.25) is 0 Å². The van der Waals surface area contributed by atoms with Crippen LogP contribution >= 0.6 is 0 Å². The van der Waals surface area contributed by atoms with E-state index < -0.39 is 11.6 Å². The van der Waals surface area contributed by atoms with Crippen LogP contribution in [0.1, 0.15) is 0 Å². The van der Waals surface area contributed by atoms with Gasteiger partial charge in [0.25, 0.3) is 11.8 Å². The molecule has 112 valence electrons. The number of benzene rings is 1. The van der Waals surface area contributed by atoms with Gasteiger partial charge >= 0.3 is 0 Å². The van der Waals surface area contributed by atoms with E-state index in [0.29, 0.717) is 12.0 Å². The van der Waals surface area contributed by atoms with Crippen LogP contribution in [-0.2, 0) is 0 Å². The van der Waals surface area contributed by atoms with E-state index in [4.69, 9.17) is 10.3 Å². The Bertz CT molecular complexity index is 652. The van der Waals surface area contributed by atoms with E-state index in [0.717, 1.165) is 32.2 Å². The first-order chi connectivity index (χ1) is 10.0. The number of aromatic nitrogens is 2. The molecule has 0 bridgehead atoms. The van der Waals surface area contributed by atoms with Gasteiger partial charge in [-0.15, -0.1) is 0 Å². The van der Waals surface area contributed by atoms with Crippen LogP contribution in [0.25, 0.3) is 11.5 Å². The lowest BCUT2D eigenvalue weighted by Crippen LogP contribution is -2.44. The van der Waals surface area contributed by atoms with E-state index in [1.54, 1.807) is 0 Å². The van der Waals surface area contributed by atoms with Crippen LogP contribution in [0.15, 0.2) is 16.7 Å². The SMILES string of the molecule is CN1CCN(c2noc(-c3cc(N)c(F)cc3F)n2)CC1. The first kappa shape index (κ1) is 13.7. The number of halogens is 2. The summed E-state index contributed by atoms with van der Waals surface area (Å²) >= 11 is 0. The molecule has 0 aliphatic carbocycles. The molecule has 0 radical (unpaired) electrons. The second kappa shape index (κ2) is 5.28. The van der Waals surface area contributed by atoms with Crippen molar-refractivity contribution in [2.24, 2.45) is 0 Å². The maximum atomic E-state index is 13.8. The molecule has 0 saturated carbocycles. The van der Waals surface area contributed by atoms with Crippen LogP contribution in [0.3, 0.4) is 0 Å². The lowest BCUT2D eigenvalue weighted by atomic mass is 10.2. The first-order valence-corrected chi connectivity index (χ1v) is 6.56. The standard InChI is InChI=1S/C13H15F2N5O/c1-19-2-4-20(5-3-19)13-17-12(21-18-13)8-6-11(16)10(15)7-9(8)14/h6-7H,2-5,16H2,1H3. The quantitative estimate of drug-likeness (QED) is 0.843. The fraction of sp³-hybridized carbons (Fsp3) is 0.385. The highest BCUT2D eigenvalue weighted by atomic mass is 19.1. The molecule has 2 aromatic rings. The van der Waals surface area contributed by atoms with E-state index >= 15 is 0 Å². The van der Waals surface area contributed by atoms with Gasteiger partial charge in [-0.25, -0.2) is 8.78 Å². The third-order valence-electron chi connectivity index (χ3n) is 3.52. The number of likely N-dealkylation sites (N-methyl/N-ethyl adjacent to an activating group) is 1. The van der Waals surface area contributed by atoms with Crippen molar-refractivity contribution >= 4 is 11.6 Å². The summed E-state index contributed by atoms with van der Waals surface area (Å²) in [5.74, 6) is -1.20. The van der Waals surface area contributed by atoms with Crippen molar-refractivity contribution in [1.82, 2.24) is 15.0 Å². The maximum absolute atomic E-state index is 13.8. The second-order valence-corrected chi connectivity index (χ2v) is 5.04. The zero-order valence-electron chi connectivity index (χ0n) is 11.5. The van der Waals surface area contributed by atoms with Crippen LogP contribution < -0.4 is 10.6 Å². The minimum Gasteiger partial charge on any atom is -0.396 e. The zero-order chi connectivity index (χ0) is 15.0. The van der Waals surface area contributed by atoms with Crippen molar-refractivity contribution in [2.45, 2.75) is 0 Å². The molecule has 2 heterocycles. The number of nitrogen functional groups attached to an aromatic ring is 1. The largest absolute Gasteiger partial charge is 0.396 e. The molecule has 1 saturated heterocycles. The van der Waals surface area contributed by atoms with Crippen molar-refractivity contribution in [2.75, 3.05) is 43.9 Å². The fourth-order valence-corrected chi connectivity index (χ4v) is 2.19. The maximum Gasteiger partial charge on any atom is 0.266 e. The summed E-state index contributed by atoms with van der Waals surface area (Å²) in [6, 6.07) is 1.87. The number of nitrogens with two attached hydrogens (primary N) is 1. The molecule has 1 aromatic heterocycles. The van der Waals surface area contributed by atoms with Crippen LogP contribution in [0.4, 0.5) is 20.4 Å². The van der Waals surface area contributed by atoms with Crippen LogP contribution in [-0.4, -0.2) is 48.3 Å². The van der Waals surface area contributed by atoms with Crippen LogP contribution in [0.2, 0.25) is 0 Å². The van der Waals surface area contributed by atoms with Gasteiger partial charge in [0, 0.05) is 32.2 Å². The average Bonchev–Trinajstić information content (AvgIpc) is 2.93. The monoisotopic (exact) mass is 295 g/mol. The predicted octanol–water partition coefficient (Wildman–Crippen LogP) is 1.35. The van der Waals surface area contributed by atoms with Gasteiger partial charge in [-0.1, -0.05) is 0 Å². The Morgan fingerprint density at radius 3 is 2.57 bits per heavy atom. The molecule has 0 amide bonds. The Balaban J connectivity index is 1.87. The minimum absolute atomic E-state index is 0.00165. The van der Waals surface area contributed by atoms with E-state index in [1.165, 1.54) is 0 Å². The minimum atomic E-state index is -0.810. The van der Waals surface area contributed by atoms with Crippen LogP contribution in [0.5, 0.6) is 0 Å². The molecule has 6 nitrogen and oxygen atoms in total. The van der Waals surface area contributed by atoms with Crippen LogP contribution in [0, 0.1) is 11.6 Å². The summed E-state index contributed by atoms with van der Waals surface area (Å²) in [4.78, 5) is 8.32. The van der Waals surface area contributed by atoms with Gasteiger partial charge in [-0.2, -0.15) is 4.98 Å². The number of hydrogen-bond acceptors (Lipinski definition) is 6. The fourth-order valence-electron chi connectivity index (χ4n) is 2.19. The molecule has 1 aliphatic heterocycles. The van der Waals surface area contributed by atoms with Crippen molar-refractivity contribution in [3.05, 3.63) is 23.8 Å². The molecule has 3 rings (SSSR count). The Hall–Kier alpha value is -2.22. The summed E-state index contributed by atoms with van der Waals surface area (Å²) in [6.45, 7) is 3.32. The van der Waals surface area contributed by atoms with Gasteiger partial charge in [0.1, 0.15) is 11.6 Å². The number of anilines is 2. The molecule has 1 fully saturated rings. The Morgan fingerprint density at radius 2 is 1.86 bits per heavy atom. The Kier molecular flexibility index (Phi) is 3.46. The highest BCUT2D eigenvalue weighted by molar-refractivity contribution is 5.62. The van der Waals surface area contributed by atoms with E-state index in [9.17, 15) is 8.78 Å². The molecule has 1 aliphatic rings. The van der Waals surface area contributed by atoms with Gasteiger partial charge < -0.3 is 20.1 Å². The molecule has 0 spiro atoms. The van der Waals surface area contributed by atoms with Gasteiger partial charge in [-0.05, 0) is 18.3 Å².